The van der Waals surface area contributed by atoms with Gasteiger partial charge in [0.1, 0.15) is 5.01 Å². The lowest BCUT2D eigenvalue weighted by Gasteiger charge is -2.16. The number of aromatic amines is 1. The highest BCUT2D eigenvalue weighted by molar-refractivity contribution is 7.15. The average molecular weight is 446 g/mol. The van der Waals surface area contributed by atoms with Gasteiger partial charge in [0.15, 0.2) is 0 Å². The van der Waals surface area contributed by atoms with Crippen LogP contribution in [0.25, 0.3) is 10.9 Å². The number of hydrogen-bond acceptors (Lipinski definition) is 5. The van der Waals surface area contributed by atoms with E-state index in [2.05, 4.69) is 20.5 Å². The monoisotopic (exact) mass is 445 g/mol. The van der Waals surface area contributed by atoms with E-state index in [1.165, 1.54) is 11.3 Å². The van der Waals surface area contributed by atoms with Crippen LogP contribution in [-0.4, -0.2) is 45.0 Å². The van der Waals surface area contributed by atoms with Gasteiger partial charge >= 0.3 is 0 Å². The number of nitrogens with zero attached hydrogens (tertiary/aromatic N) is 3. The number of carbonyl (C=O) groups excluding carboxylic acids is 2. The van der Waals surface area contributed by atoms with Crippen molar-refractivity contribution in [3.8, 4) is 0 Å². The number of halogens is 1. The van der Waals surface area contributed by atoms with Crippen LogP contribution in [0.1, 0.15) is 37.8 Å². The molecule has 30 heavy (non-hydrogen) atoms. The Hall–Kier alpha value is -2.45. The van der Waals surface area contributed by atoms with Gasteiger partial charge in [-0.1, -0.05) is 43.7 Å². The first-order valence-electron chi connectivity index (χ1n) is 9.89. The summed E-state index contributed by atoms with van der Waals surface area (Å²) in [7, 11) is 0. The first kappa shape index (κ1) is 20.8. The summed E-state index contributed by atoms with van der Waals surface area (Å²) in [4.78, 5) is 30.1. The zero-order chi connectivity index (χ0) is 21.5. The van der Waals surface area contributed by atoms with E-state index in [1.807, 2.05) is 45.2 Å². The van der Waals surface area contributed by atoms with Crippen molar-refractivity contribution < 1.29 is 9.59 Å². The number of aromatic nitrogens is 3. The van der Waals surface area contributed by atoms with Gasteiger partial charge in [0.25, 0.3) is 0 Å². The van der Waals surface area contributed by atoms with Crippen molar-refractivity contribution in [1.29, 1.82) is 0 Å². The molecule has 1 aromatic carbocycles. The first-order valence-corrected chi connectivity index (χ1v) is 11.1. The average Bonchev–Trinajstić information content (AvgIpc) is 3.38. The topological polar surface area (TPSA) is 91.0 Å². The molecule has 0 saturated carbocycles. The molecule has 3 heterocycles. The van der Waals surface area contributed by atoms with Gasteiger partial charge in [0, 0.05) is 47.0 Å². The summed E-state index contributed by atoms with van der Waals surface area (Å²) in [5.41, 5.74) is 2.01. The van der Waals surface area contributed by atoms with Gasteiger partial charge in [-0.2, -0.15) is 0 Å². The van der Waals surface area contributed by atoms with Crippen molar-refractivity contribution in [2.45, 2.75) is 39.0 Å². The number of anilines is 1. The van der Waals surface area contributed by atoms with E-state index in [-0.39, 0.29) is 29.6 Å². The number of likely N-dealkylation sites (tertiary alicyclic amines) is 1. The number of carbonyl (C=O) groups is 2. The number of hydrogen-bond donors (Lipinski definition) is 2. The number of amides is 2. The van der Waals surface area contributed by atoms with Crippen molar-refractivity contribution in [3.05, 3.63) is 40.0 Å². The highest BCUT2D eigenvalue weighted by atomic mass is 35.5. The maximum Gasteiger partial charge on any atom is 0.231 e. The van der Waals surface area contributed by atoms with Crippen LogP contribution in [-0.2, 0) is 21.4 Å². The van der Waals surface area contributed by atoms with E-state index in [9.17, 15) is 9.59 Å². The zero-order valence-corrected chi connectivity index (χ0v) is 18.7. The maximum absolute atomic E-state index is 12.6. The molecule has 0 bridgehead atoms. The Balaban J connectivity index is 1.36. The lowest BCUT2D eigenvalue weighted by atomic mass is 9.98. The molecular formula is C21H24ClN5O2S. The third-order valence-corrected chi connectivity index (χ3v) is 6.76. The molecule has 4 rings (SSSR count). The Morgan fingerprint density at radius 1 is 1.37 bits per heavy atom. The van der Waals surface area contributed by atoms with Crippen molar-refractivity contribution in [3.63, 3.8) is 0 Å². The molecule has 0 aliphatic carbocycles. The summed E-state index contributed by atoms with van der Waals surface area (Å²) < 4.78 is 0. The molecule has 9 heteroatoms. The molecule has 1 atom stereocenters. The smallest absolute Gasteiger partial charge is 0.231 e. The molecule has 0 unspecified atom stereocenters. The highest BCUT2D eigenvalue weighted by Crippen LogP contribution is 2.29. The number of fused-ring (bicyclic) bond motifs is 1. The molecule has 1 aliphatic heterocycles. The lowest BCUT2D eigenvalue weighted by Crippen LogP contribution is -2.30. The molecule has 158 valence electrons. The zero-order valence-electron chi connectivity index (χ0n) is 17.2. The Morgan fingerprint density at radius 2 is 2.17 bits per heavy atom. The fourth-order valence-corrected chi connectivity index (χ4v) is 4.54. The molecule has 3 aromatic rings. The summed E-state index contributed by atoms with van der Waals surface area (Å²) in [6.07, 6.45) is 2.87. The van der Waals surface area contributed by atoms with Crippen LogP contribution in [0.15, 0.2) is 24.4 Å². The van der Waals surface area contributed by atoms with Gasteiger partial charge in [0.2, 0.25) is 16.9 Å². The minimum absolute atomic E-state index is 0.000619. The van der Waals surface area contributed by atoms with Crippen molar-refractivity contribution >= 4 is 50.8 Å². The van der Waals surface area contributed by atoms with Gasteiger partial charge < -0.3 is 15.2 Å². The Bertz CT molecular complexity index is 1100. The SMILES string of the molecule is CC(C)(C)c1nnc(NC(=O)[C@@H]2CC(=O)N(CCc3c[nH]c4ccc(Cl)cc34)C2)s1. The molecule has 1 fully saturated rings. The predicted molar refractivity (Wildman–Crippen MR) is 119 cm³/mol. The standard InChI is InChI=1S/C21H24ClN5O2S/c1-21(2,3)19-25-26-20(30-19)24-18(29)13-8-17(28)27(11-13)7-6-12-10-23-16-5-4-14(22)9-15(12)16/h4-5,9-10,13,23H,6-8,11H2,1-3H3,(H,24,26,29)/t13-/m1/s1. The molecule has 0 spiro atoms. The van der Waals surface area contributed by atoms with Gasteiger partial charge in [-0.3, -0.25) is 9.59 Å². The van der Waals surface area contributed by atoms with Crippen LogP contribution in [0.2, 0.25) is 5.02 Å². The maximum atomic E-state index is 12.6. The van der Waals surface area contributed by atoms with E-state index >= 15 is 0 Å². The van der Waals surface area contributed by atoms with Crippen LogP contribution in [0, 0.1) is 5.92 Å². The third-order valence-electron chi connectivity index (χ3n) is 5.26. The minimum atomic E-state index is -0.378. The van der Waals surface area contributed by atoms with Crippen LogP contribution < -0.4 is 5.32 Å². The number of nitrogens with one attached hydrogen (secondary N) is 2. The number of benzene rings is 1. The molecule has 2 amide bonds. The van der Waals surface area contributed by atoms with Crippen LogP contribution >= 0.6 is 22.9 Å². The Morgan fingerprint density at radius 3 is 2.90 bits per heavy atom. The molecule has 2 N–H and O–H groups in total. The normalized spacial score (nSPS) is 17.1. The second-order valence-corrected chi connectivity index (χ2v) is 10.1. The summed E-state index contributed by atoms with van der Waals surface area (Å²) >= 11 is 7.49. The van der Waals surface area contributed by atoms with Gasteiger partial charge in [0.05, 0.1) is 5.92 Å². The van der Waals surface area contributed by atoms with E-state index in [0.717, 1.165) is 21.5 Å². The van der Waals surface area contributed by atoms with Crippen LogP contribution in [0.3, 0.4) is 0 Å². The number of H-pyrrole nitrogens is 1. The Kier molecular flexibility index (Phi) is 5.55. The summed E-state index contributed by atoms with van der Waals surface area (Å²) in [5.74, 6) is -0.557. The Labute approximate surface area is 183 Å². The summed E-state index contributed by atoms with van der Waals surface area (Å²) in [6, 6.07) is 5.72. The molecular weight excluding hydrogens is 422 g/mol. The predicted octanol–water partition coefficient (Wildman–Crippen LogP) is 4.00. The highest BCUT2D eigenvalue weighted by Gasteiger charge is 2.34. The quantitative estimate of drug-likeness (QED) is 0.621. The third kappa shape index (κ3) is 4.34. The van der Waals surface area contributed by atoms with Gasteiger partial charge in [-0.15, -0.1) is 10.2 Å². The van der Waals surface area contributed by atoms with Gasteiger partial charge in [-0.25, -0.2) is 0 Å². The summed E-state index contributed by atoms with van der Waals surface area (Å²) in [5, 5.41) is 14.1. The van der Waals surface area contributed by atoms with Crippen LogP contribution in [0.4, 0.5) is 5.13 Å². The van der Waals surface area contributed by atoms with E-state index in [0.29, 0.717) is 29.7 Å². The molecule has 1 aliphatic rings. The first-order chi connectivity index (χ1) is 14.2. The van der Waals surface area contributed by atoms with E-state index in [4.69, 9.17) is 11.6 Å². The van der Waals surface area contributed by atoms with E-state index < -0.39 is 0 Å². The van der Waals surface area contributed by atoms with Crippen molar-refractivity contribution in [2.24, 2.45) is 5.92 Å². The van der Waals surface area contributed by atoms with Crippen molar-refractivity contribution in [2.75, 3.05) is 18.4 Å². The summed E-state index contributed by atoms with van der Waals surface area (Å²) in [6.45, 7) is 7.13. The second kappa shape index (κ2) is 8.00. The van der Waals surface area contributed by atoms with E-state index in [1.54, 1.807) is 4.90 Å². The largest absolute Gasteiger partial charge is 0.361 e. The van der Waals surface area contributed by atoms with Crippen molar-refractivity contribution in [1.82, 2.24) is 20.1 Å². The van der Waals surface area contributed by atoms with Gasteiger partial charge in [-0.05, 0) is 30.2 Å². The molecule has 0 radical (unpaired) electrons. The second-order valence-electron chi connectivity index (χ2n) is 8.65. The minimum Gasteiger partial charge on any atom is -0.361 e. The lowest BCUT2D eigenvalue weighted by molar-refractivity contribution is -0.128. The molecule has 7 nitrogen and oxygen atoms in total. The molecule has 2 aromatic heterocycles. The molecule has 1 saturated heterocycles. The van der Waals surface area contributed by atoms with Crippen LogP contribution in [0.5, 0.6) is 0 Å². The number of rotatable bonds is 5. The fraction of sp³-hybridized carbons (Fsp3) is 0.429. The fourth-order valence-electron chi connectivity index (χ4n) is 3.56.